The summed E-state index contributed by atoms with van der Waals surface area (Å²) >= 11 is 2.98. The summed E-state index contributed by atoms with van der Waals surface area (Å²) in [6, 6.07) is 25.5. The summed E-state index contributed by atoms with van der Waals surface area (Å²) < 4.78 is 7.51. The van der Waals surface area contributed by atoms with Crippen LogP contribution in [0.3, 0.4) is 0 Å². The Bertz CT molecular complexity index is 1270. The Morgan fingerprint density at radius 1 is 1.03 bits per heavy atom. The van der Waals surface area contributed by atoms with Crippen LogP contribution in [-0.4, -0.2) is 45.5 Å². The highest BCUT2D eigenvalue weighted by Crippen LogP contribution is 2.28. The Kier molecular flexibility index (Phi) is 8.58. The lowest BCUT2D eigenvalue weighted by atomic mass is 10.2. The maximum Gasteiger partial charge on any atom is 0.250 e. The van der Waals surface area contributed by atoms with Crippen molar-refractivity contribution in [2.24, 2.45) is 5.10 Å². The van der Waals surface area contributed by atoms with Crippen LogP contribution in [-0.2, 0) is 4.79 Å². The number of carbonyl (C=O) groups is 1. The van der Waals surface area contributed by atoms with Crippen molar-refractivity contribution in [2.75, 3.05) is 18.6 Å². The maximum absolute atomic E-state index is 12.4. The number of hydrogen-bond acceptors (Lipinski definition) is 7. The van der Waals surface area contributed by atoms with Crippen LogP contribution in [0, 0.1) is 0 Å². The molecule has 0 saturated heterocycles. The standard InChI is InChI=1S/C26H25N5O2S2/c1-3-33-22-13-11-21(12-14-22)31-25(20-7-5-4-6-8-20)29-30-26(31)35-18-24(32)28-27-17-19-9-15-23(34-2)16-10-19/h4-17H,3,18H2,1-2H3,(H,28,32). The molecule has 0 fully saturated rings. The maximum atomic E-state index is 12.4. The van der Waals surface area contributed by atoms with Crippen molar-refractivity contribution in [1.29, 1.82) is 0 Å². The van der Waals surface area contributed by atoms with E-state index in [9.17, 15) is 4.79 Å². The number of thioether (sulfide) groups is 2. The third kappa shape index (κ3) is 6.52. The van der Waals surface area contributed by atoms with Gasteiger partial charge in [0.05, 0.1) is 18.6 Å². The van der Waals surface area contributed by atoms with E-state index in [1.807, 2.05) is 96.6 Å². The van der Waals surface area contributed by atoms with Gasteiger partial charge in [-0.05, 0) is 55.1 Å². The van der Waals surface area contributed by atoms with Gasteiger partial charge in [0.1, 0.15) is 5.75 Å². The van der Waals surface area contributed by atoms with Gasteiger partial charge in [-0.15, -0.1) is 22.0 Å². The molecule has 4 aromatic rings. The molecule has 1 N–H and O–H groups in total. The number of rotatable bonds is 10. The first-order valence-electron chi connectivity index (χ1n) is 11.0. The molecule has 1 heterocycles. The zero-order valence-corrected chi connectivity index (χ0v) is 21.1. The Labute approximate surface area is 213 Å². The van der Waals surface area contributed by atoms with Gasteiger partial charge in [-0.2, -0.15) is 5.10 Å². The van der Waals surface area contributed by atoms with Crippen molar-refractivity contribution in [3.63, 3.8) is 0 Å². The molecular formula is C26H25N5O2S2. The van der Waals surface area contributed by atoms with Gasteiger partial charge in [-0.3, -0.25) is 9.36 Å². The first-order chi connectivity index (χ1) is 17.2. The van der Waals surface area contributed by atoms with Crippen molar-refractivity contribution in [3.05, 3.63) is 84.4 Å². The fraction of sp³-hybridized carbons (Fsp3) is 0.154. The third-order valence-electron chi connectivity index (χ3n) is 4.92. The van der Waals surface area contributed by atoms with E-state index >= 15 is 0 Å². The molecular weight excluding hydrogens is 478 g/mol. The SMILES string of the molecule is CCOc1ccc(-n2c(SCC(=O)NN=Cc3ccc(SC)cc3)nnc2-c2ccccc2)cc1. The molecule has 0 spiro atoms. The molecule has 9 heteroatoms. The predicted octanol–water partition coefficient (Wildman–Crippen LogP) is 5.30. The number of ether oxygens (including phenoxy) is 1. The first-order valence-corrected chi connectivity index (χ1v) is 13.2. The van der Waals surface area contributed by atoms with Crippen LogP contribution in [0.5, 0.6) is 5.75 Å². The zero-order valence-electron chi connectivity index (χ0n) is 19.4. The number of amides is 1. The topological polar surface area (TPSA) is 81.4 Å². The molecule has 3 aromatic carbocycles. The van der Waals surface area contributed by atoms with Crippen molar-refractivity contribution < 1.29 is 9.53 Å². The number of aromatic nitrogens is 3. The average Bonchev–Trinajstić information content (AvgIpc) is 3.33. The number of hydrogen-bond donors (Lipinski definition) is 1. The van der Waals surface area contributed by atoms with Gasteiger partial charge < -0.3 is 4.74 Å². The summed E-state index contributed by atoms with van der Waals surface area (Å²) in [6.45, 7) is 2.55. The molecule has 0 saturated carbocycles. The molecule has 0 aliphatic heterocycles. The zero-order chi connectivity index (χ0) is 24.5. The number of hydrazone groups is 1. The average molecular weight is 504 g/mol. The third-order valence-corrected chi connectivity index (χ3v) is 6.59. The fourth-order valence-electron chi connectivity index (χ4n) is 3.26. The lowest BCUT2D eigenvalue weighted by molar-refractivity contribution is -0.118. The minimum Gasteiger partial charge on any atom is -0.494 e. The van der Waals surface area contributed by atoms with E-state index in [-0.39, 0.29) is 11.7 Å². The van der Waals surface area contributed by atoms with Crippen LogP contribution in [0.1, 0.15) is 12.5 Å². The summed E-state index contributed by atoms with van der Waals surface area (Å²) in [7, 11) is 0. The Balaban J connectivity index is 1.48. The molecule has 7 nitrogen and oxygen atoms in total. The van der Waals surface area contributed by atoms with E-state index < -0.39 is 0 Å². The Hall–Kier alpha value is -3.56. The summed E-state index contributed by atoms with van der Waals surface area (Å²) in [6.07, 6.45) is 3.66. The molecule has 0 aliphatic rings. The van der Waals surface area contributed by atoms with Gasteiger partial charge in [0.25, 0.3) is 5.91 Å². The van der Waals surface area contributed by atoms with E-state index in [1.54, 1.807) is 18.0 Å². The molecule has 35 heavy (non-hydrogen) atoms. The fourth-order valence-corrected chi connectivity index (χ4v) is 4.41. The number of nitrogens with one attached hydrogen (secondary N) is 1. The number of benzene rings is 3. The monoisotopic (exact) mass is 503 g/mol. The lowest BCUT2D eigenvalue weighted by Gasteiger charge is -2.11. The molecule has 0 unspecified atom stereocenters. The first kappa shape index (κ1) is 24.6. The minimum atomic E-state index is -0.227. The van der Waals surface area contributed by atoms with Crippen LogP contribution in [0.4, 0.5) is 0 Å². The minimum absolute atomic E-state index is 0.146. The van der Waals surface area contributed by atoms with Crippen LogP contribution in [0.25, 0.3) is 17.1 Å². The summed E-state index contributed by atoms with van der Waals surface area (Å²) in [5.74, 6) is 1.41. The molecule has 0 atom stereocenters. The molecule has 178 valence electrons. The molecule has 0 bridgehead atoms. The van der Waals surface area contributed by atoms with Crippen molar-refractivity contribution >= 4 is 35.6 Å². The van der Waals surface area contributed by atoms with Gasteiger partial charge >= 0.3 is 0 Å². The predicted molar refractivity (Wildman–Crippen MR) is 143 cm³/mol. The van der Waals surface area contributed by atoms with Gasteiger partial charge in [-0.1, -0.05) is 54.2 Å². The molecule has 0 radical (unpaired) electrons. The van der Waals surface area contributed by atoms with Gasteiger partial charge in [0, 0.05) is 16.1 Å². The lowest BCUT2D eigenvalue weighted by Crippen LogP contribution is -2.20. The molecule has 0 aliphatic carbocycles. The Morgan fingerprint density at radius 3 is 2.46 bits per heavy atom. The second-order valence-corrected chi connectivity index (χ2v) is 9.11. The van der Waals surface area contributed by atoms with Crippen LogP contribution >= 0.6 is 23.5 Å². The van der Waals surface area contributed by atoms with Crippen molar-refractivity contribution in [3.8, 4) is 22.8 Å². The van der Waals surface area contributed by atoms with E-state index in [0.717, 1.165) is 22.6 Å². The van der Waals surface area contributed by atoms with E-state index in [1.165, 1.54) is 16.7 Å². The Morgan fingerprint density at radius 2 is 1.77 bits per heavy atom. The summed E-state index contributed by atoms with van der Waals surface area (Å²) in [5, 5.41) is 13.5. The normalized spacial score (nSPS) is 11.0. The van der Waals surface area contributed by atoms with Crippen molar-refractivity contribution in [1.82, 2.24) is 20.2 Å². The highest BCUT2D eigenvalue weighted by atomic mass is 32.2. The van der Waals surface area contributed by atoms with E-state index in [2.05, 4.69) is 20.7 Å². The molecule has 4 rings (SSSR count). The van der Waals surface area contributed by atoms with Gasteiger partial charge in [0.15, 0.2) is 11.0 Å². The molecule has 1 amide bonds. The highest BCUT2D eigenvalue weighted by molar-refractivity contribution is 7.99. The quantitative estimate of drug-likeness (QED) is 0.180. The van der Waals surface area contributed by atoms with Crippen LogP contribution in [0.2, 0.25) is 0 Å². The number of carbonyl (C=O) groups excluding carboxylic acids is 1. The molecule has 1 aromatic heterocycles. The number of nitrogens with zero attached hydrogens (tertiary/aromatic N) is 4. The summed E-state index contributed by atoms with van der Waals surface area (Å²) in [4.78, 5) is 13.6. The van der Waals surface area contributed by atoms with Gasteiger partial charge in [0.2, 0.25) is 0 Å². The smallest absolute Gasteiger partial charge is 0.250 e. The van der Waals surface area contributed by atoms with Crippen LogP contribution in [0.15, 0.2) is 94.0 Å². The van der Waals surface area contributed by atoms with Crippen molar-refractivity contribution in [2.45, 2.75) is 17.0 Å². The van der Waals surface area contributed by atoms with Gasteiger partial charge in [-0.25, -0.2) is 5.43 Å². The summed E-state index contributed by atoms with van der Waals surface area (Å²) in [5.41, 5.74) is 5.31. The van der Waals surface area contributed by atoms with Crippen LogP contribution < -0.4 is 10.2 Å². The highest BCUT2D eigenvalue weighted by Gasteiger charge is 2.17. The van der Waals surface area contributed by atoms with E-state index in [4.69, 9.17) is 4.74 Å². The second-order valence-electron chi connectivity index (χ2n) is 7.29. The second kappa shape index (κ2) is 12.2. The largest absolute Gasteiger partial charge is 0.494 e. The van der Waals surface area contributed by atoms with E-state index in [0.29, 0.717) is 17.6 Å².